The lowest BCUT2D eigenvalue weighted by Gasteiger charge is -2.03. The molecule has 0 saturated heterocycles. The van der Waals surface area contributed by atoms with Crippen LogP contribution in [0.3, 0.4) is 0 Å². The summed E-state index contributed by atoms with van der Waals surface area (Å²) in [6.45, 7) is 0.799. The van der Waals surface area contributed by atoms with Crippen molar-refractivity contribution in [3.8, 4) is 17.2 Å². The van der Waals surface area contributed by atoms with Gasteiger partial charge in [-0.05, 0) is 47.9 Å². The largest absolute Gasteiger partial charge is 0.497 e. The molecule has 0 bridgehead atoms. The quantitative estimate of drug-likeness (QED) is 0.659. The van der Waals surface area contributed by atoms with Crippen LogP contribution in [0.15, 0.2) is 48.7 Å². The van der Waals surface area contributed by atoms with E-state index in [1.165, 1.54) is 6.08 Å². The highest BCUT2D eigenvalue weighted by Gasteiger charge is 2.12. The molecule has 0 atom stereocenters. The molecule has 3 aromatic rings. The number of rotatable bonds is 6. The highest BCUT2D eigenvalue weighted by molar-refractivity contribution is 5.92. The highest BCUT2D eigenvalue weighted by Crippen LogP contribution is 2.32. The fourth-order valence-electron chi connectivity index (χ4n) is 3.07. The Balaban J connectivity index is 1.32. The van der Waals surface area contributed by atoms with Crippen molar-refractivity contribution in [3.05, 3.63) is 59.8 Å². The van der Waals surface area contributed by atoms with Crippen LogP contribution >= 0.6 is 0 Å². The lowest BCUT2D eigenvalue weighted by Crippen LogP contribution is -2.23. The van der Waals surface area contributed by atoms with Gasteiger partial charge in [0.25, 0.3) is 0 Å². The third-order valence-electron chi connectivity index (χ3n) is 4.49. The number of aromatic nitrogens is 1. The molecule has 0 spiro atoms. The first-order chi connectivity index (χ1) is 13.2. The van der Waals surface area contributed by atoms with E-state index in [1.807, 2.05) is 42.6 Å². The summed E-state index contributed by atoms with van der Waals surface area (Å²) in [7, 11) is 1.65. The van der Waals surface area contributed by atoms with Crippen LogP contribution in [0.2, 0.25) is 0 Å². The third-order valence-corrected chi connectivity index (χ3v) is 4.49. The van der Waals surface area contributed by atoms with Crippen molar-refractivity contribution in [1.29, 1.82) is 0 Å². The summed E-state index contributed by atoms with van der Waals surface area (Å²) in [5.41, 5.74) is 3.08. The van der Waals surface area contributed by atoms with Gasteiger partial charge in [-0.15, -0.1) is 0 Å². The summed E-state index contributed by atoms with van der Waals surface area (Å²) in [5.74, 6) is 2.12. The number of carbonyl (C=O) groups excluding carboxylic acids is 1. The third kappa shape index (κ3) is 3.74. The molecule has 2 aromatic carbocycles. The minimum Gasteiger partial charge on any atom is -0.497 e. The normalized spacial score (nSPS) is 12.6. The molecule has 6 heteroatoms. The second-order valence-electron chi connectivity index (χ2n) is 6.21. The number of benzene rings is 2. The number of hydrogen-bond donors (Lipinski definition) is 2. The minimum absolute atomic E-state index is 0.130. The molecule has 0 unspecified atom stereocenters. The average Bonchev–Trinajstić information content (AvgIpc) is 3.32. The smallest absolute Gasteiger partial charge is 0.244 e. The zero-order chi connectivity index (χ0) is 18.6. The van der Waals surface area contributed by atoms with Gasteiger partial charge in [-0.3, -0.25) is 4.79 Å². The van der Waals surface area contributed by atoms with Gasteiger partial charge in [-0.25, -0.2) is 0 Å². The van der Waals surface area contributed by atoms with E-state index in [9.17, 15) is 4.79 Å². The minimum atomic E-state index is -0.130. The first-order valence-corrected chi connectivity index (χ1v) is 8.72. The number of hydrogen-bond acceptors (Lipinski definition) is 4. The molecule has 2 heterocycles. The Morgan fingerprint density at radius 1 is 1.22 bits per heavy atom. The molecule has 0 radical (unpaired) electrons. The number of methoxy groups -OCH3 is 1. The van der Waals surface area contributed by atoms with Crippen molar-refractivity contribution in [2.45, 2.75) is 6.42 Å². The SMILES string of the molecule is COc1ccc2c(CCNC(=O)/C=C/c3ccc4c(c3)OCO4)c[nH]c2c1. The lowest BCUT2D eigenvalue weighted by molar-refractivity contribution is -0.116. The van der Waals surface area contributed by atoms with Crippen molar-refractivity contribution in [1.82, 2.24) is 10.3 Å². The molecule has 1 aliphatic rings. The fraction of sp³-hybridized carbons (Fsp3) is 0.190. The van der Waals surface area contributed by atoms with Gasteiger partial charge in [0.05, 0.1) is 7.11 Å². The maximum atomic E-state index is 12.0. The van der Waals surface area contributed by atoms with Crippen LogP contribution in [0.5, 0.6) is 17.2 Å². The summed E-state index contributed by atoms with van der Waals surface area (Å²) < 4.78 is 15.8. The van der Waals surface area contributed by atoms with Gasteiger partial charge < -0.3 is 24.5 Å². The second kappa shape index (κ2) is 7.45. The molecule has 138 valence electrons. The maximum absolute atomic E-state index is 12.0. The predicted molar refractivity (Wildman–Crippen MR) is 103 cm³/mol. The molecule has 6 nitrogen and oxygen atoms in total. The summed E-state index contributed by atoms with van der Waals surface area (Å²) in [6, 6.07) is 11.5. The summed E-state index contributed by atoms with van der Waals surface area (Å²) >= 11 is 0. The van der Waals surface area contributed by atoms with Crippen molar-refractivity contribution < 1.29 is 19.0 Å². The van der Waals surface area contributed by atoms with Crippen LogP contribution in [-0.2, 0) is 11.2 Å². The van der Waals surface area contributed by atoms with E-state index in [1.54, 1.807) is 13.2 Å². The number of carbonyl (C=O) groups is 1. The van der Waals surface area contributed by atoms with Crippen molar-refractivity contribution >= 4 is 22.9 Å². The van der Waals surface area contributed by atoms with Crippen LogP contribution in [0.1, 0.15) is 11.1 Å². The molecule has 2 N–H and O–H groups in total. The standard InChI is InChI=1S/C21H20N2O4/c1-25-16-4-5-17-15(12-23-18(17)11-16)8-9-22-21(24)7-3-14-2-6-19-20(10-14)27-13-26-19/h2-7,10-12,23H,8-9,13H2,1H3,(H,22,24)/b7-3+. The Morgan fingerprint density at radius 3 is 3.00 bits per heavy atom. The number of nitrogens with one attached hydrogen (secondary N) is 2. The van der Waals surface area contributed by atoms with Crippen molar-refractivity contribution in [3.63, 3.8) is 0 Å². The van der Waals surface area contributed by atoms with Gasteiger partial charge in [-0.1, -0.05) is 6.07 Å². The molecule has 0 saturated carbocycles. The second-order valence-corrected chi connectivity index (χ2v) is 6.21. The van der Waals surface area contributed by atoms with Crippen molar-refractivity contribution in [2.75, 3.05) is 20.4 Å². The van der Waals surface area contributed by atoms with Gasteiger partial charge in [0.2, 0.25) is 12.7 Å². The zero-order valence-corrected chi connectivity index (χ0v) is 15.0. The zero-order valence-electron chi connectivity index (χ0n) is 15.0. The summed E-state index contributed by atoms with van der Waals surface area (Å²) in [6.07, 6.45) is 6.00. The Bertz CT molecular complexity index is 1010. The van der Waals surface area contributed by atoms with Crippen LogP contribution in [0.25, 0.3) is 17.0 Å². The van der Waals surface area contributed by atoms with Gasteiger partial charge in [-0.2, -0.15) is 0 Å². The van der Waals surface area contributed by atoms with E-state index >= 15 is 0 Å². The molecule has 0 aliphatic carbocycles. The van der Waals surface area contributed by atoms with Gasteiger partial charge in [0.1, 0.15) is 5.75 Å². The molecule has 1 amide bonds. The number of fused-ring (bicyclic) bond motifs is 2. The summed E-state index contributed by atoms with van der Waals surface area (Å²) in [5, 5.41) is 4.05. The highest BCUT2D eigenvalue weighted by atomic mass is 16.7. The van der Waals surface area contributed by atoms with E-state index in [4.69, 9.17) is 14.2 Å². The molecule has 1 aliphatic heterocycles. The van der Waals surface area contributed by atoms with Crippen LogP contribution in [-0.4, -0.2) is 31.3 Å². The predicted octanol–water partition coefficient (Wildman–Crippen LogP) is 3.28. The van der Waals surface area contributed by atoms with E-state index in [2.05, 4.69) is 10.3 Å². The van der Waals surface area contributed by atoms with Gasteiger partial charge >= 0.3 is 0 Å². The molecule has 4 rings (SSSR count). The number of aromatic amines is 1. The van der Waals surface area contributed by atoms with E-state index in [0.717, 1.165) is 39.9 Å². The van der Waals surface area contributed by atoms with Gasteiger partial charge in [0, 0.05) is 35.8 Å². The molecule has 27 heavy (non-hydrogen) atoms. The molecule has 1 aromatic heterocycles. The van der Waals surface area contributed by atoms with Crippen molar-refractivity contribution in [2.24, 2.45) is 0 Å². The van der Waals surface area contributed by atoms with Crippen LogP contribution in [0.4, 0.5) is 0 Å². The van der Waals surface area contributed by atoms with E-state index in [0.29, 0.717) is 12.3 Å². The summed E-state index contributed by atoms with van der Waals surface area (Å²) in [4.78, 5) is 15.3. The fourth-order valence-corrected chi connectivity index (χ4v) is 3.07. The first-order valence-electron chi connectivity index (χ1n) is 8.72. The molecular weight excluding hydrogens is 344 g/mol. The number of amides is 1. The number of ether oxygens (including phenoxy) is 3. The lowest BCUT2D eigenvalue weighted by atomic mass is 10.1. The Kier molecular flexibility index (Phi) is 4.70. The van der Waals surface area contributed by atoms with Crippen LogP contribution in [0, 0.1) is 0 Å². The number of H-pyrrole nitrogens is 1. The topological polar surface area (TPSA) is 72.6 Å². The first kappa shape index (κ1) is 17.0. The average molecular weight is 364 g/mol. The Hall–Kier alpha value is -3.41. The van der Waals surface area contributed by atoms with Crippen LogP contribution < -0.4 is 19.5 Å². The molecular formula is C21H20N2O4. The van der Waals surface area contributed by atoms with Gasteiger partial charge in [0.15, 0.2) is 11.5 Å². The Morgan fingerprint density at radius 2 is 2.11 bits per heavy atom. The van der Waals surface area contributed by atoms with E-state index in [-0.39, 0.29) is 12.7 Å². The monoisotopic (exact) mass is 364 g/mol. The molecule has 0 fully saturated rings. The maximum Gasteiger partial charge on any atom is 0.244 e. The Labute approximate surface area is 156 Å². The van der Waals surface area contributed by atoms with E-state index < -0.39 is 0 Å².